The summed E-state index contributed by atoms with van der Waals surface area (Å²) in [4.78, 5) is 46.9. The largest absolute Gasteiger partial charge is 0.463 e. The van der Waals surface area contributed by atoms with Crippen LogP contribution < -0.4 is 0 Å². The molecule has 0 spiro atoms. The fourth-order valence-corrected chi connectivity index (χ4v) is 3.79. The zero-order chi connectivity index (χ0) is 26.2. The van der Waals surface area contributed by atoms with Crippen LogP contribution in [0.1, 0.15) is 39.8 Å². The molecule has 2 aliphatic rings. The van der Waals surface area contributed by atoms with Crippen LogP contribution in [-0.4, -0.2) is 76.2 Å². The molecule has 1 aromatic rings. The maximum atomic E-state index is 11.9. The van der Waals surface area contributed by atoms with Crippen molar-refractivity contribution in [3.63, 3.8) is 0 Å². The molecule has 5 atom stereocenters. The predicted molar refractivity (Wildman–Crippen MR) is 119 cm³/mol. The van der Waals surface area contributed by atoms with Gasteiger partial charge in [-0.2, -0.15) is 0 Å². The van der Waals surface area contributed by atoms with Gasteiger partial charge in [0.15, 0.2) is 24.6 Å². The summed E-state index contributed by atoms with van der Waals surface area (Å²) in [7, 11) is 0. The minimum Gasteiger partial charge on any atom is -0.463 e. The Morgan fingerprint density at radius 3 is 2.25 bits per heavy atom. The van der Waals surface area contributed by atoms with Gasteiger partial charge in [-0.15, -0.1) is 5.10 Å². The van der Waals surface area contributed by atoms with E-state index in [1.54, 1.807) is 10.9 Å². The Bertz CT molecular complexity index is 1030. The van der Waals surface area contributed by atoms with Gasteiger partial charge in [-0.05, 0) is 12.0 Å². The summed E-state index contributed by atoms with van der Waals surface area (Å²) in [6.45, 7) is 4.80. The molecule has 0 saturated carbocycles. The minimum atomic E-state index is -1.30. The molecule has 0 amide bonds. The van der Waals surface area contributed by atoms with Gasteiger partial charge >= 0.3 is 23.9 Å². The molecule has 1 aliphatic carbocycles. The lowest BCUT2D eigenvalue weighted by Gasteiger charge is -2.43. The zero-order valence-corrected chi connectivity index (χ0v) is 20.4. The molecule has 3 rings (SSSR count). The Hall–Kier alpha value is -3.58. The Labute approximate surface area is 207 Å². The van der Waals surface area contributed by atoms with E-state index in [1.165, 1.54) is 12.5 Å². The number of rotatable bonds is 10. The highest BCUT2D eigenvalue weighted by atomic mass is 16.7. The Balaban J connectivity index is 1.80. The number of hydrogen-bond donors (Lipinski definition) is 0. The normalized spacial score (nSPS) is 25.1. The third-order valence-corrected chi connectivity index (χ3v) is 5.14. The number of nitrogens with zero attached hydrogens (tertiary/aromatic N) is 3. The Morgan fingerprint density at radius 2 is 1.64 bits per heavy atom. The average molecular weight is 507 g/mol. The van der Waals surface area contributed by atoms with E-state index in [-0.39, 0.29) is 13.2 Å². The molecule has 196 valence electrons. The van der Waals surface area contributed by atoms with Crippen LogP contribution in [0.15, 0.2) is 30.0 Å². The fraction of sp³-hybridized carbons (Fsp3) is 0.565. The highest BCUT2D eigenvalue weighted by molar-refractivity contribution is 5.68. The van der Waals surface area contributed by atoms with E-state index >= 15 is 0 Å². The Kier molecular flexibility index (Phi) is 9.31. The van der Waals surface area contributed by atoms with Gasteiger partial charge in [0, 0.05) is 27.7 Å². The van der Waals surface area contributed by atoms with E-state index in [0.717, 1.165) is 27.2 Å². The molecule has 1 saturated heterocycles. The molecule has 0 radical (unpaired) electrons. The van der Waals surface area contributed by atoms with Crippen molar-refractivity contribution in [2.45, 2.75) is 78.0 Å². The van der Waals surface area contributed by atoms with E-state index in [2.05, 4.69) is 10.3 Å². The highest BCUT2D eigenvalue weighted by Crippen LogP contribution is 2.30. The van der Waals surface area contributed by atoms with Crippen LogP contribution in [0.4, 0.5) is 0 Å². The maximum absolute atomic E-state index is 11.9. The molecule has 1 fully saturated rings. The maximum Gasteiger partial charge on any atom is 0.303 e. The summed E-state index contributed by atoms with van der Waals surface area (Å²) >= 11 is 0. The third kappa shape index (κ3) is 7.71. The number of carbonyl (C=O) groups excluding carboxylic acids is 4. The second kappa shape index (κ2) is 12.4. The summed E-state index contributed by atoms with van der Waals surface area (Å²) in [6.07, 6.45) is 2.36. The summed E-state index contributed by atoms with van der Waals surface area (Å²) in [5, 5.41) is 8.16. The molecule has 36 heavy (non-hydrogen) atoms. The second-order valence-electron chi connectivity index (χ2n) is 8.24. The molecule has 1 aliphatic heterocycles. The van der Waals surface area contributed by atoms with Crippen LogP contribution in [0.2, 0.25) is 0 Å². The first-order valence-electron chi connectivity index (χ1n) is 11.3. The van der Waals surface area contributed by atoms with Crippen molar-refractivity contribution >= 4 is 23.9 Å². The van der Waals surface area contributed by atoms with Gasteiger partial charge in [0.1, 0.15) is 18.4 Å². The fourth-order valence-electron chi connectivity index (χ4n) is 3.79. The molecule has 0 unspecified atom stereocenters. The lowest BCUT2D eigenvalue weighted by molar-refractivity contribution is -0.310. The van der Waals surface area contributed by atoms with Gasteiger partial charge in [0.2, 0.25) is 0 Å². The molecule has 0 N–H and O–H groups in total. The first-order valence-corrected chi connectivity index (χ1v) is 11.3. The van der Waals surface area contributed by atoms with Crippen LogP contribution in [0, 0.1) is 0 Å². The van der Waals surface area contributed by atoms with E-state index in [0.29, 0.717) is 12.2 Å². The quantitative estimate of drug-likeness (QED) is 0.324. The lowest BCUT2D eigenvalue weighted by Crippen LogP contribution is -2.62. The van der Waals surface area contributed by atoms with Gasteiger partial charge in [0.05, 0.1) is 19.3 Å². The summed E-state index contributed by atoms with van der Waals surface area (Å²) in [6, 6.07) is 0. The van der Waals surface area contributed by atoms with Crippen molar-refractivity contribution in [1.82, 2.24) is 15.0 Å². The smallest absolute Gasteiger partial charge is 0.303 e. The van der Waals surface area contributed by atoms with Crippen LogP contribution in [0.25, 0.3) is 0 Å². The number of esters is 4. The molecule has 0 bridgehead atoms. The van der Waals surface area contributed by atoms with Crippen LogP contribution >= 0.6 is 0 Å². The van der Waals surface area contributed by atoms with Gasteiger partial charge in [0.25, 0.3) is 0 Å². The minimum absolute atomic E-state index is 0.0922. The Morgan fingerprint density at radius 1 is 0.972 bits per heavy atom. The van der Waals surface area contributed by atoms with Crippen LogP contribution in [0.5, 0.6) is 0 Å². The van der Waals surface area contributed by atoms with Crippen molar-refractivity contribution in [2.75, 3.05) is 6.61 Å². The number of ether oxygens (including phenoxy) is 6. The lowest BCUT2D eigenvalue weighted by atomic mass is 9.98. The molecule has 1 aromatic heterocycles. The molecule has 2 heterocycles. The van der Waals surface area contributed by atoms with Crippen molar-refractivity contribution in [1.29, 1.82) is 0 Å². The number of hydrogen-bond acceptors (Lipinski definition) is 12. The summed E-state index contributed by atoms with van der Waals surface area (Å²) < 4.78 is 34.5. The number of allylic oxidation sites excluding steroid dienone is 4. The van der Waals surface area contributed by atoms with E-state index in [4.69, 9.17) is 28.4 Å². The molecular weight excluding hydrogens is 478 g/mol. The predicted octanol–water partition coefficient (Wildman–Crippen LogP) is 0.764. The van der Waals surface area contributed by atoms with E-state index in [1.807, 2.05) is 18.2 Å². The van der Waals surface area contributed by atoms with Crippen LogP contribution in [-0.2, 0) is 60.8 Å². The molecule has 13 heteroatoms. The number of aromatic nitrogens is 3. The van der Waals surface area contributed by atoms with Crippen molar-refractivity contribution in [3.8, 4) is 0 Å². The average Bonchev–Trinajstić information content (AvgIpc) is 3.46. The molecule has 0 aromatic carbocycles. The second-order valence-corrected chi connectivity index (χ2v) is 8.24. The first kappa shape index (κ1) is 27.0. The molecular formula is C23H29N3O10. The van der Waals surface area contributed by atoms with Crippen molar-refractivity contribution in [2.24, 2.45) is 0 Å². The van der Waals surface area contributed by atoms with Gasteiger partial charge in [-0.25, -0.2) is 4.68 Å². The van der Waals surface area contributed by atoms with Gasteiger partial charge in [-0.1, -0.05) is 23.4 Å². The summed E-state index contributed by atoms with van der Waals surface area (Å²) in [5.41, 5.74) is 1.64. The van der Waals surface area contributed by atoms with Crippen molar-refractivity contribution in [3.05, 3.63) is 35.7 Å². The molecule has 13 nitrogen and oxygen atoms in total. The summed E-state index contributed by atoms with van der Waals surface area (Å²) in [5.74, 6) is -2.75. The monoisotopic (exact) mass is 507 g/mol. The third-order valence-electron chi connectivity index (χ3n) is 5.14. The van der Waals surface area contributed by atoms with E-state index in [9.17, 15) is 19.2 Å². The van der Waals surface area contributed by atoms with Crippen LogP contribution in [0.3, 0.4) is 0 Å². The number of carbonyl (C=O) groups is 4. The van der Waals surface area contributed by atoms with Crippen molar-refractivity contribution < 1.29 is 47.6 Å². The SMILES string of the molecule is CC(=O)OC[C@H]1O[C@@H](OCc2cn(CC3=CC=CC3)nn2)[C@H](OC(C)=O)[C@@H](OC(C)=O)[C@@H]1OC(C)=O. The van der Waals surface area contributed by atoms with E-state index < -0.39 is 54.6 Å². The standard InChI is InChI=1S/C23H29N3O10/c1-13(27)31-12-19-20(33-14(2)28)21(34-15(3)29)22(35-16(4)30)23(36-19)32-11-18-10-26(25-24-18)9-17-7-5-6-8-17/h5-7,10,19-23H,8-9,11-12H2,1-4H3/t19-,20-,21+,22-,23-/m1/s1. The van der Waals surface area contributed by atoms with Gasteiger partial charge in [-0.3, -0.25) is 19.2 Å². The topological polar surface area (TPSA) is 154 Å². The zero-order valence-electron chi connectivity index (χ0n) is 20.4. The highest BCUT2D eigenvalue weighted by Gasteiger charge is 2.52. The first-order chi connectivity index (χ1) is 17.1. The van der Waals surface area contributed by atoms with Gasteiger partial charge < -0.3 is 28.4 Å².